The van der Waals surface area contributed by atoms with Gasteiger partial charge in [-0.1, -0.05) is 23.7 Å². The number of halogens is 1. The normalized spacial score (nSPS) is 19.1. The molecule has 1 saturated carbocycles. The van der Waals surface area contributed by atoms with Gasteiger partial charge in [-0.15, -0.1) is 0 Å². The molecule has 8 heteroatoms. The van der Waals surface area contributed by atoms with E-state index in [-0.39, 0.29) is 17.7 Å². The van der Waals surface area contributed by atoms with E-state index in [2.05, 4.69) is 5.32 Å². The zero-order valence-corrected chi connectivity index (χ0v) is 17.6. The molecule has 2 aromatic rings. The largest absolute Gasteiger partial charge is 0.380 e. The number of carbonyl (C=O) groups excluding carboxylic acids is 3. The molecule has 160 valence electrons. The van der Waals surface area contributed by atoms with Crippen molar-refractivity contribution in [1.82, 2.24) is 9.80 Å². The molecular formula is C23H22ClN3O4. The van der Waals surface area contributed by atoms with Gasteiger partial charge in [-0.05, 0) is 53.8 Å². The van der Waals surface area contributed by atoms with Crippen LogP contribution >= 0.6 is 11.6 Å². The van der Waals surface area contributed by atoms with Crippen molar-refractivity contribution in [3.63, 3.8) is 0 Å². The van der Waals surface area contributed by atoms with E-state index in [1.807, 2.05) is 18.2 Å². The molecule has 0 radical (unpaired) electrons. The molecule has 3 amide bonds. The third-order valence-electron chi connectivity index (χ3n) is 6.24. The van der Waals surface area contributed by atoms with E-state index in [4.69, 9.17) is 11.6 Å². The van der Waals surface area contributed by atoms with Crippen molar-refractivity contribution in [2.75, 3.05) is 31.5 Å². The number of amides is 3. The Balaban J connectivity index is 1.29. The quantitative estimate of drug-likeness (QED) is 0.768. The van der Waals surface area contributed by atoms with Gasteiger partial charge in [-0.2, -0.15) is 0 Å². The molecular weight excluding hydrogens is 418 g/mol. The van der Waals surface area contributed by atoms with Crippen LogP contribution in [0.5, 0.6) is 0 Å². The molecule has 0 spiro atoms. The Hall–Kier alpha value is -2.90. The van der Waals surface area contributed by atoms with Crippen LogP contribution in [0.4, 0.5) is 5.69 Å². The molecule has 2 heterocycles. The Labute approximate surface area is 184 Å². The molecule has 2 aliphatic heterocycles. The number of rotatable bonds is 3. The minimum absolute atomic E-state index is 0.0586. The first-order valence-corrected chi connectivity index (χ1v) is 10.8. The maximum atomic E-state index is 12.9. The second-order valence-electron chi connectivity index (χ2n) is 8.40. The van der Waals surface area contributed by atoms with E-state index in [9.17, 15) is 19.5 Å². The molecule has 5 rings (SSSR count). The van der Waals surface area contributed by atoms with Crippen molar-refractivity contribution in [2.45, 2.75) is 24.9 Å². The van der Waals surface area contributed by atoms with Gasteiger partial charge in [0.25, 0.3) is 11.8 Å². The van der Waals surface area contributed by atoms with Gasteiger partial charge in [0.05, 0.1) is 6.42 Å². The van der Waals surface area contributed by atoms with Gasteiger partial charge in [-0.25, -0.2) is 0 Å². The lowest BCUT2D eigenvalue weighted by atomic mass is 9.96. The zero-order chi connectivity index (χ0) is 21.8. The van der Waals surface area contributed by atoms with Crippen LogP contribution in [-0.2, 0) is 16.0 Å². The highest BCUT2D eigenvalue weighted by molar-refractivity contribution is 6.31. The van der Waals surface area contributed by atoms with Gasteiger partial charge in [0.2, 0.25) is 5.91 Å². The first kappa shape index (κ1) is 20.0. The molecule has 2 N–H and O–H groups in total. The van der Waals surface area contributed by atoms with Crippen LogP contribution in [0.2, 0.25) is 5.02 Å². The van der Waals surface area contributed by atoms with Gasteiger partial charge in [0, 0.05) is 42.5 Å². The number of aliphatic hydroxyl groups is 1. The Morgan fingerprint density at radius 3 is 2.29 bits per heavy atom. The SMILES string of the molecule is O=C1Cc2c(cc(Cl)cc2-c2ccc(C(=O)N3CCN(C(=O)C4(O)CC4)CC3)cc2)N1. The van der Waals surface area contributed by atoms with E-state index in [0.717, 1.165) is 22.4 Å². The van der Waals surface area contributed by atoms with E-state index in [0.29, 0.717) is 56.0 Å². The maximum Gasteiger partial charge on any atom is 0.254 e. The number of hydrogen-bond donors (Lipinski definition) is 2. The van der Waals surface area contributed by atoms with Crippen LogP contribution in [0.15, 0.2) is 36.4 Å². The van der Waals surface area contributed by atoms with Crippen molar-refractivity contribution in [3.8, 4) is 11.1 Å². The summed E-state index contributed by atoms with van der Waals surface area (Å²) < 4.78 is 0. The monoisotopic (exact) mass is 439 g/mol. The minimum Gasteiger partial charge on any atom is -0.380 e. The minimum atomic E-state index is -1.16. The Kier molecular flexibility index (Phi) is 4.75. The number of piperazine rings is 1. The Morgan fingerprint density at radius 1 is 1.00 bits per heavy atom. The average Bonchev–Trinajstić information content (AvgIpc) is 3.42. The van der Waals surface area contributed by atoms with Gasteiger partial charge < -0.3 is 20.2 Å². The topological polar surface area (TPSA) is 90.0 Å². The van der Waals surface area contributed by atoms with Gasteiger partial charge in [-0.3, -0.25) is 14.4 Å². The number of fused-ring (bicyclic) bond motifs is 1. The number of hydrogen-bond acceptors (Lipinski definition) is 4. The number of nitrogens with zero attached hydrogens (tertiary/aromatic N) is 2. The third-order valence-corrected chi connectivity index (χ3v) is 6.46. The molecule has 0 bridgehead atoms. The molecule has 2 aromatic carbocycles. The predicted octanol–water partition coefficient (Wildman–Crippen LogP) is 2.31. The fourth-order valence-electron chi connectivity index (χ4n) is 4.27. The van der Waals surface area contributed by atoms with E-state index >= 15 is 0 Å². The van der Waals surface area contributed by atoms with Gasteiger partial charge >= 0.3 is 0 Å². The number of nitrogens with one attached hydrogen (secondary N) is 1. The summed E-state index contributed by atoms with van der Waals surface area (Å²) in [5.74, 6) is -0.361. The van der Waals surface area contributed by atoms with Crippen LogP contribution in [0.25, 0.3) is 11.1 Å². The summed E-state index contributed by atoms with van der Waals surface area (Å²) in [6.45, 7) is 1.75. The van der Waals surface area contributed by atoms with Crippen molar-refractivity contribution >= 4 is 35.0 Å². The summed E-state index contributed by atoms with van der Waals surface area (Å²) in [4.78, 5) is 40.4. The number of anilines is 1. The van der Waals surface area contributed by atoms with Crippen LogP contribution in [-0.4, -0.2) is 64.4 Å². The smallest absolute Gasteiger partial charge is 0.254 e. The molecule has 0 atom stereocenters. The molecule has 1 saturated heterocycles. The first-order valence-electron chi connectivity index (χ1n) is 10.4. The standard InChI is InChI=1S/C23H22ClN3O4/c24-16-11-17(18-13-20(28)25-19(18)12-16)14-1-3-15(4-2-14)21(29)26-7-9-27(10-8-26)22(30)23(31)5-6-23/h1-4,11-12,31H,5-10,13H2,(H,25,28). The highest BCUT2D eigenvalue weighted by atomic mass is 35.5. The van der Waals surface area contributed by atoms with Crippen molar-refractivity contribution in [3.05, 3.63) is 52.5 Å². The molecule has 2 fully saturated rings. The van der Waals surface area contributed by atoms with Gasteiger partial charge in [0.1, 0.15) is 5.60 Å². The fraction of sp³-hybridized carbons (Fsp3) is 0.348. The maximum absolute atomic E-state index is 12.9. The van der Waals surface area contributed by atoms with Crippen LogP contribution in [0.1, 0.15) is 28.8 Å². The van der Waals surface area contributed by atoms with Crippen molar-refractivity contribution < 1.29 is 19.5 Å². The van der Waals surface area contributed by atoms with Crippen LogP contribution in [0, 0.1) is 0 Å². The summed E-state index contributed by atoms with van der Waals surface area (Å²) >= 11 is 6.22. The summed E-state index contributed by atoms with van der Waals surface area (Å²) in [7, 11) is 0. The van der Waals surface area contributed by atoms with E-state index in [1.165, 1.54) is 0 Å². The molecule has 31 heavy (non-hydrogen) atoms. The lowest BCUT2D eigenvalue weighted by Gasteiger charge is -2.35. The average molecular weight is 440 g/mol. The zero-order valence-electron chi connectivity index (χ0n) is 16.9. The van der Waals surface area contributed by atoms with E-state index < -0.39 is 5.60 Å². The predicted molar refractivity (Wildman–Crippen MR) is 116 cm³/mol. The lowest BCUT2D eigenvalue weighted by Crippen LogP contribution is -2.53. The highest BCUT2D eigenvalue weighted by Gasteiger charge is 2.50. The van der Waals surface area contributed by atoms with Gasteiger partial charge in [0.15, 0.2) is 0 Å². The highest BCUT2D eigenvalue weighted by Crippen LogP contribution is 2.38. The van der Waals surface area contributed by atoms with E-state index in [1.54, 1.807) is 28.0 Å². The third kappa shape index (κ3) is 3.68. The molecule has 7 nitrogen and oxygen atoms in total. The number of carbonyl (C=O) groups is 3. The molecule has 0 unspecified atom stereocenters. The Morgan fingerprint density at radius 2 is 1.65 bits per heavy atom. The summed E-state index contributed by atoms with van der Waals surface area (Å²) in [5.41, 5.74) is 2.81. The number of benzene rings is 2. The Bertz CT molecular complexity index is 1090. The molecule has 3 aliphatic rings. The summed E-state index contributed by atoms with van der Waals surface area (Å²) in [6.07, 6.45) is 1.36. The second kappa shape index (κ2) is 7.35. The summed E-state index contributed by atoms with van der Waals surface area (Å²) in [5, 5.41) is 13.4. The second-order valence-corrected chi connectivity index (χ2v) is 8.83. The van der Waals surface area contributed by atoms with Crippen LogP contribution < -0.4 is 5.32 Å². The van der Waals surface area contributed by atoms with Crippen molar-refractivity contribution in [2.24, 2.45) is 0 Å². The lowest BCUT2D eigenvalue weighted by molar-refractivity contribution is -0.143. The van der Waals surface area contributed by atoms with Crippen LogP contribution in [0.3, 0.4) is 0 Å². The molecule has 1 aliphatic carbocycles. The van der Waals surface area contributed by atoms with Crippen molar-refractivity contribution in [1.29, 1.82) is 0 Å². The molecule has 0 aromatic heterocycles. The first-order chi connectivity index (χ1) is 14.8. The summed E-state index contributed by atoms with van der Waals surface area (Å²) in [6, 6.07) is 10.9. The fourth-order valence-corrected chi connectivity index (χ4v) is 4.48.